The van der Waals surface area contributed by atoms with Crippen LogP contribution in [-0.2, 0) is 6.54 Å². The first-order valence-corrected chi connectivity index (χ1v) is 19.8. The molecule has 0 spiro atoms. The Balaban J connectivity index is 1.06. The van der Waals surface area contributed by atoms with E-state index in [1.807, 2.05) is 54.6 Å². The summed E-state index contributed by atoms with van der Waals surface area (Å²) in [6.45, 7) is 4.44. The molecular formula is C53H36N6. The van der Waals surface area contributed by atoms with Crippen molar-refractivity contribution in [2.45, 2.75) is 6.54 Å². The summed E-state index contributed by atoms with van der Waals surface area (Å²) in [6.07, 6.45) is 0. The first-order chi connectivity index (χ1) is 29.2. The Morgan fingerprint density at radius 3 is 1.97 bits per heavy atom. The van der Waals surface area contributed by atoms with Crippen LogP contribution < -0.4 is 0 Å². The van der Waals surface area contributed by atoms with Crippen molar-refractivity contribution in [3.8, 4) is 16.8 Å². The van der Waals surface area contributed by atoms with E-state index in [0.717, 1.165) is 72.1 Å². The number of benzene rings is 8. The molecule has 0 atom stereocenters. The molecule has 0 saturated carbocycles. The molecule has 3 aromatic heterocycles. The number of fused-ring (bicyclic) bond motifs is 12. The van der Waals surface area contributed by atoms with Crippen LogP contribution >= 0.6 is 0 Å². The molecule has 0 bridgehead atoms. The Morgan fingerprint density at radius 2 is 1.15 bits per heavy atom. The van der Waals surface area contributed by atoms with E-state index in [1.54, 1.807) is 0 Å². The Kier molecular flexibility index (Phi) is 8.26. The largest absolute Gasteiger partial charge is 0.309 e. The molecule has 0 aliphatic rings. The Labute approximate surface area is 340 Å². The molecule has 0 amide bonds. The maximum Gasteiger partial charge on any atom is 0.161 e. The lowest BCUT2D eigenvalue weighted by Gasteiger charge is -2.13. The van der Waals surface area contributed by atoms with Crippen LogP contribution in [0.3, 0.4) is 0 Å². The zero-order chi connectivity index (χ0) is 39.3. The summed E-state index contributed by atoms with van der Waals surface area (Å²) in [4.78, 5) is 19.7. The molecule has 59 heavy (non-hydrogen) atoms. The van der Waals surface area contributed by atoms with Crippen molar-refractivity contribution < 1.29 is 0 Å². The predicted molar refractivity (Wildman–Crippen MR) is 247 cm³/mol. The molecule has 0 aliphatic carbocycles. The minimum Gasteiger partial charge on any atom is -0.309 e. The number of pyridine rings is 1. The van der Waals surface area contributed by atoms with Crippen LogP contribution in [0.15, 0.2) is 209 Å². The highest BCUT2D eigenvalue weighted by atomic mass is 15.0. The fourth-order valence-electron chi connectivity index (χ4n) is 8.61. The van der Waals surface area contributed by atoms with Crippen LogP contribution in [0.25, 0.3) is 77.0 Å². The molecular weight excluding hydrogens is 721 g/mol. The molecule has 278 valence electrons. The summed E-state index contributed by atoms with van der Waals surface area (Å²) < 4.78 is 4.72. The van der Waals surface area contributed by atoms with Crippen molar-refractivity contribution in [1.82, 2.24) is 14.0 Å². The van der Waals surface area contributed by atoms with Gasteiger partial charge < -0.3 is 4.57 Å². The second-order valence-corrected chi connectivity index (χ2v) is 14.7. The molecule has 0 unspecified atom stereocenters. The van der Waals surface area contributed by atoms with Crippen LogP contribution in [0.1, 0.15) is 16.7 Å². The summed E-state index contributed by atoms with van der Waals surface area (Å²) in [5.41, 5.74) is 12.5. The van der Waals surface area contributed by atoms with E-state index in [1.165, 1.54) is 21.5 Å². The fraction of sp³-hybridized carbons (Fsp3) is 0.0189. The average molecular weight is 757 g/mol. The van der Waals surface area contributed by atoms with Gasteiger partial charge in [-0.05, 0) is 77.3 Å². The lowest BCUT2D eigenvalue weighted by Crippen LogP contribution is -2.05. The van der Waals surface area contributed by atoms with Crippen molar-refractivity contribution in [2.24, 2.45) is 15.0 Å². The van der Waals surface area contributed by atoms with Gasteiger partial charge in [0.05, 0.1) is 34.1 Å². The van der Waals surface area contributed by atoms with Gasteiger partial charge in [-0.1, -0.05) is 146 Å². The Hall–Kier alpha value is -7.96. The number of aromatic nitrogens is 3. The lowest BCUT2D eigenvalue weighted by molar-refractivity contribution is 1.06. The molecule has 11 aromatic rings. The van der Waals surface area contributed by atoms with E-state index in [2.05, 4.69) is 160 Å². The van der Waals surface area contributed by atoms with Crippen molar-refractivity contribution in [3.63, 3.8) is 0 Å². The molecule has 3 heterocycles. The standard InChI is InChI=1S/C53H36N6/c1-54-51(57-52(36-18-6-3-7-19-36)55-34-35-16-4-2-5-17-35)39-22-14-20-37(32-39)38-21-15-23-40(33-38)58-46-28-12-9-25-43(46)49-48(58)31-30-42-41-24-8-11-27-45(41)59-47-29-13-10-26-44(47)56-53(59)50(42)49/h2-33H,1,34H2. The molecule has 6 nitrogen and oxygen atoms in total. The highest BCUT2D eigenvalue weighted by molar-refractivity contribution is 6.29. The molecule has 0 fully saturated rings. The number of imidazole rings is 1. The van der Waals surface area contributed by atoms with Gasteiger partial charge >= 0.3 is 0 Å². The van der Waals surface area contributed by atoms with E-state index in [0.29, 0.717) is 18.2 Å². The van der Waals surface area contributed by atoms with Crippen molar-refractivity contribution >= 4 is 78.6 Å². The molecule has 0 N–H and O–H groups in total. The lowest BCUT2D eigenvalue weighted by atomic mass is 10.0. The molecule has 0 radical (unpaired) electrons. The third kappa shape index (κ3) is 5.81. The smallest absolute Gasteiger partial charge is 0.161 e. The maximum absolute atomic E-state index is 5.30. The molecule has 0 aliphatic heterocycles. The Morgan fingerprint density at radius 1 is 0.492 bits per heavy atom. The second-order valence-electron chi connectivity index (χ2n) is 14.7. The van der Waals surface area contributed by atoms with Gasteiger partial charge in [0, 0.05) is 38.4 Å². The summed E-state index contributed by atoms with van der Waals surface area (Å²) in [5.74, 6) is 1.12. The summed E-state index contributed by atoms with van der Waals surface area (Å²) in [7, 11) is 0. The van der Waals surface area contributed by atoms with Gasteiger partial charge in [0.2, 0.25) is 0 Å². The molecule has 0 saturated heterocycles. The monoisotopic (exact) mass is 756 g/mol. The third-order valence-corrected chi connectivity index (χ3v) is 11.3. The van der Waals surface area contributed by atoms with Crippen LogP contribution in [0.4, 0.5) is 0 Å². The first-order valence-electron chi connectivity index (χ1n) is 19.8. The molecule has 11 rings (SSSR count). The van der Waals surface area contributed by atoms with Gasteiger partial charge in [-0.15, -0.1) is 0 Å². The topological polar surface area (TPSA) is 59.3 Å². The minimum absolute atomic E-state index is 0.505. The van der Waals surface area contributed by atoms with Gasteiger partial charge in [-0.25, -0.2) is 15.0 Å². The van der Waals surface area contributed by atoms with E-state index in [9.17, 15) is 0 Å². The van der Waals surface area contributed by atoms with Gasteiger partial charge in [0.25, 0.3) is 0 Å². The third-order valence-electron chi connectivity index (χ3n) is 11.3. The number of rotatable bonds is 6. The SMILES string of the molecule is C=NC(=NC(=NCc1ccccc1)c1ccccc1)c1cccc(-c2cccc(-n3c4ccccc4c4c5c(ccc43)c3ccccc3n3c4ccccc4nc53)c2)c1. The number of aliphatic imine (C=N–C) groups is 3. The Bertz CT molecular complexity index is 3480. The highest BCUT2D eigenvalue weighted by Gasteiger charge is 2.21. The van der Waals surface area contributed by atoms with Crippen molar-refractivity contribution in [3.05, 3.63) is 211 Å². The highest BCUT2D eigenvalue weighted by Crippen LogP contribution is 2.42. The quantitative estimate of drug-likeness (QED) is 0.0947. The zero-order valence-corrected chi connectivity index (χ0v) is 32.1. The van der Waals surface area contributed by atoms with Crippen LogP contribution in [0, 0.1) is 0 Å². The number of hydrogen-bond donors (Lipinski definition) is 0. The number of hydrogen-bond acceptors (Lipinski definition) is 2. The van der Waals surface area contributed by atoms with E-state index >= 15 is 0 Å². The predicted octanol–water partition coefficient (Wildman–Crippen LogP) is 12.7. The molecule has 8 aromatic carbocycles. The summed E-state index contributed by atoms with van der Waals surface area (Å²) in [6, 6.07) is 67.7. The van der Waals surface area contributed by atoms with E-state index < -0.39 is 0 Å². The van der Waals surface area contributed by atoms with Crippen LogP contribution in [-0.4, -0.2) is 32.3 Å². The van der Waals surface area contributed by atoms with Gasteiger partial charge in [0.15, 0.2) is 11.7 Å². The first kappa shape index (κ1) is 34.3. The normalized spacial score (nSPS) is 12.4. The average Bonchev–Trinajstić information content (AvgIpc) is 3.87. The summed E-state index contributed by atoms with van der Waals surface area (Å²) in [5, 5.41) is 5.93. The minimum atomic E-state index is 0.505. The van der Waals surface area contributed by atoms with Crippen molar-refractivity contribution in [1.29, 1.82) is 0 Å². The van der Waals surface area contributed by atoms with Crippen molar-refractivity contribution in [2.75, 3.05) is 0 Å². The van der Waals surface area contributed by atoms with Crippen LogP contribution in [0.2, 0.25) is 0 Å². The van der Waals surface area contributed by atoms with Gasteiger partial charge in [-0.3, -0.25) is 9.39 Å². The van der Waals surface area contributed by atoms with E-state index in [4.69, 9.17) is 15.0 Å². The number of amidine groups is 2. The maximum atomic E-state index is 5.30. The van der Waals surface area contributed by atoms with Gasteiger partial charge in [0.1, 0.15) is 5.65 Å². The van der Waals surface area contributed by atoms with E-state index in [-0.39, 0.29) is 0 Å². The van der Waals surface area contributed by atoms with Gasteiger partial charge in [-0.2, -0.15) is 0 Å². The second kappa shape index (κ2) is 14.2. The number of nitrogens with zero attached hydrogens (tertiary/aromatic N) is 6. The summed E-state index contributed by atoms with van der Waals surface area (Å²) >= 11 is 0. The van der Waals surface area contributed by atoms with Crippen LogP contribution in [0.5, 0.6) is 0 Å². The fourth-order valence-corrected chi connectivity index (χ4v) is 8.61. The number of para-hydroxylation sites is 4. The zero-order valence-electron chi connectivity index (χ0n) is 32.1. The molecule has 6 heteroatoms.